The molecule has 0 fully saturated rings. The van der Waals surface area contributed by atoms with Gasteiger partial charge in [0.25, 0.3) is 0 Å². The first-order valence-corrected chi connectivity index (χ1v) is 11.3. The van der Waals surface area contributed by atoms with E-state index in [1.165, 1.54) is 6.20 Å². The van der Waals surface area contributed by atoms with E-state index in [4.69, 9.17) is 9.72 Å². The maximum atomic E-state index is 13.0. The van der Waals surface area contributed by atoms with Gasteiger partial charge in [-0.1, -0.05) is 6.07 Å². The first-order valence-electron chi connectivity index (χ1n) is 11.3. The van der Waals surface area contributed by atoms with Gasteiger partial charge in [-0.3, -0.25) is 4.68 Å². The molecule has 0 saturated carbocycles. The van der Waals surface area contributed by atoms with Gasteiger partial charge in [0.1, 0.15) is 12.3 Å². The van der Waals surface area contributed by atoms with Gasteiger partial charge in [0.15, 0.2) is 0 Å². The van der Waals surface area contributed by atoms with E-state index in [2.05, 4.69) is 20.4 Å². The fourth-order valence-electron chi connectivity index (χ4n) is 3.97. The number of aryl methyl sites for hydroxylation is 1. The summed E-state index contributed by atoms with van der Waals surface area (Å²) in [5.74, 6) is 0.852. The van der Waals surface area contributed by atoms with Crippen LogP contribution in [0.5, 0.6) is 11.6 Å². The lowest BCUT2D eigenvalue weighted by molar-refractivity contribution is -0.142. The second-order valence-corrected chi connectivity index (χ2v) is 8.59. The quantitative estimate of drug-likeness (QED) is 0.341. The van der Waals surface area contributed by atoms with Gasteiger partial charge < -0.3 is 9.84 Å². The van der Waals surface area contributed by atoms with Crippen LogP contribution in [0, 0.1) is 13.8 Å². The second kappa shape index (κ2) is 9.28. The van der Waals surface area contributed by atoms with Gasteiger partial charge in [-0.2, -0.15) is 28.5 Å². The van der Waals surface area contributed by atoms with Gasteiger partial charge in [0, 0.05) is 28.5 Å². The van der Waals surface area contributed by atoms with Crippen molar-refractivity contribution in [1.29, 1.82) is 0 Å². The zero-order valence-corrected chi connectivity index (χ0v) is 20.1. The Morgan fingerprint density at radius 1 is 0.973 bits per heavy atom. The first-order chi connectivity index (χ1) is 17.6. The maximum absolute atomic E-state index is 13.0. The molecule has 0 aliphatic rings. The number of nitrogens with zero attached hydrogens (tertiary/aromatic N) is 7. The fourth-order valence-corrected chi connectivity index (χ4v) is 3.97. The van der Waals surface area contributed by atoms with Crippen LogP contribution >= 0.6 is 0 Å². The highest BCUT2D eigenvalue weighted by Crippen LogP contribution is 2.34. The number of aromatic nitrogens is 7. The molecule has 9 nitrogen and oxygen atoms in total. The summed E-state index contributed by atoms with van der Waals surface area (Å²) in [6.45, 7) is 3.74. The highest BCUT2D eigenvalue weighted by Gasteiger charge is 2.30. The van der Waals surface area contributed by atoms with Crippen molar-refractivity contribution in [2.24, 2.45) is 0 Å². The summed E-state index contributed by atoms with van der Waals surface area (Å²) in [6.07, 6.45) is -0.639. The summed E-state index contributed by atoms with van der Waals surface area (Å²) in [6, 6.07) is 10.5. The van der Waals surface area contributed by atoms with Crippen molar-refractivity contribution in [3.8, 4) is 34.1 Å². The molecule has 0 radical (unpaired) electrons. The molecule has 0 bridgehead atoms. The Kier molecular flexibility index (Phi) is 6.12. The number of hydrogen-bond acceptors (Lipinski definition) is 7. The van der Waals surface area contributed by atoms with Gasteiger partial charge in [0.2, 0.25) is 5.88 Å². The molecule has 0 aromatic carbocycles. The van der Waals surface area contributed by atoms with E-state index in [-0.39, 0.29) is 0 Å². The molecule has 190 valence electrons. The highest BCUT2D eigenvalue weighted by atomic mass is 19.4. The molecule has 1 N–H and O–H groups in total. The summed E-state index contributed by atoms with van der Waals surface area (Å²) in [5.41, 5.74) is 4.28. The minimum atomic E-state index is -4.41. The number of ether oxygens (including phenoxy) is 1. The third-order valence-electron chi connectivity index (χ3n) is 5.82. The SMILES string of the molecule is Cc1ccc(Oc2ccc3c(-c4ccc(C(C)O)c(-c5cnn(CC(F)(F)F)c5C)n4)cnn3c2)nn1. The predicted octanol–water partition coefficient (Wildman–Crippen LogP) is 5.07. The standard InChI is InChI=1S/C25H22F3N7O2/c1-14-4-9-23(33-32-14)37-17-5-8-22-20(11-29-34(22)12-17)21-7-6-18(16(3)36)24(31-21)19-10-30-35(15(19)2)13-25(26,27)28/h4-12,16,36H,13H2,1-3H3. The van der Waals surface area contributed by atoms with E-state index < -0.39 is 18.8 Å². The molecule has 0 amide bonds. The summed E-state index contributed by atoms with van der Waals surface area (Å²) in [4.78, 5) is 4.73. The second-order valence-electron chi connectivity index (χ2n) is 8.59. The lowest BCUT2D eigenvalue weighted by Crippen LogP contribution is -2.19. The monoisotopic (exact) mass is 509 g/mol. The highest BCUT2D eigenvalue weighted by molar-refractivity contribution is 5.80. The normalized spacial score (nSPS) is 12.7. The van der Waals surface area contributed by atoms with Crippen LogP contribution in [0.1, 0.15) is 30.0 Å². The van der Waals surface area contributed by atoms with Crippen molar-refractivity contribution in [2.75, 3.05) is 0 Å². The van der Waals surface area contributed by atoms with E-state index in [1.54, 1.807) is 61.1 Å². The van der Waals surface area contributed by atoms with Gasteiger partial charge in [-0.05, 0) is 45.0 Å². The number of alkyl halides is 3. The zero-order valence-electron chi connectivity index (χ0n) is 20.1. The van der Waals surface area contributed by atoms with Crippen LogP contribution in [-0.4, -0.2) is 45.9 Å². The number of aliphatic hydroxyl groups excluding tert-OH is 1. The predicted molar refractivity (Wildman–Crippen MR) is 128 cm³/mol. The summed E-state index contributed by atoms with van der Waals surface area (Å²) in [5, 5.41) is 26.6. The number of aliphatic hydroxyl groups is 1. The number of rotatable bonds is 6. The largest absolute Gasteiger partial charge is 0.436 e. The molecule has 0 aliphatic heterocycles. The van der Waals surface area contributed by atoms with Crippen molar-refractivity contribution < 1.29 is 23.0 Å². The summed E-state index contributed by atoms with van der Waals surface area (Å²) in [7, 11) is 0. The molecule has 0 spiro atoms. The van der Waals surface area contributed by atoms with Crippen LogP contribution in [0.4, 0.5) is 13.2 Å². The Balaban J connectivity index is 1.52. The van der Waals surface area contributed by atoms with Crippen molar-refractivity contribution in [2.45, 2.75) is 39.6 Å². The van der Waals surface area contributed by atoms with Crippen molar-refractivity contribution >= 4 is 5.52 Å². The molecule has 5 aromatic rings. The summed E-state index contributed by atoms with van der Waals surface area (Å²) < 4.78 is 47.2. The molecule has 37 heavy (non-hydrogen) atoms. The third-order valence-corrected chi connectivity index (χ3v) is 5.82. The average molecular weight is 509 g/mol. The topological polar surface area (TPSA) is 103 Å². The van der Waals surface area contributed by atoms with E-state index in [0.29, 0.717) is 45.4 Å². The Labute approximate surface area is 209 Å². The van der Waals surface area contributed by atoms with E-state index in [9.17, 15) is 18.3 Å². The van der Waals surface area contributed by atoms with Crippen LogP contribution in [0.3, 0.4) is 0 Å². The minimum Gasteiger partial charge on any atom is -0.436 e. The van der Waals surface area contributed by atoms with Crippen molar-refractivity contribution in [1.82, 2.24) is 34.6 Å². The van der Waals surface area contributed by atoms with Gasteiger partial charge in [-0.15, -0.1) is 5.10 Å². The smallest absolute Gasteiger partial charge is 0.408 e. The Bertz CT molecular complexity index is 1570. The Hall–Kier alpha value is -4.32. The van der Waals surface area contributed by atoms with Crippen LogP contribution in [0.25, 0.3) is 28.0 Å². The lowest BCUT2D eigenvalue weighted by Gasteiger charge is -2.14. The third kappa shape index (κ3) is 5.00. The van der Waals surface area contributed by atoms with Gasteiger partial charge in [0.05, 0.1) is 47.3 Å². The van der Waals surface area contributed by atoms with Gasteiger partial charge >= 0.3 is 6.18 Å². The molecule has 12 heteroatoms. The van der Waals surface area contributed by atoms with E-state index in [0.717, 1.165) is 15.9 Å². The number of fused-ring (bicyclic) bond motifs is 1. The number of pyridine rings is 2. The average Bonchev–Trinajstić information content (AvgIpc) is 3.42. The van der Waals surface area contributed by atoms with E-state index >= 15 is 0 Å². The molecule has 5 rings (SSSR count). The lowest BCUT2D eigenvalue weighted by atomic mass is 10.0. The number of halogens is 3. The van der Waals surface area contributed by atoms with Crippen molar-refractivity contribution in [3.63, 3.8) is 0 Å². The Morgan fingerprint density at radius 3 is 2.46 bits per heavy atom. The van der Waals surface area contributed by atoms with Crippen LogP contribution in [0.15, 0.2) is 55.0 Å². The molecule has 5 heterocycles. The molecular formula is C25H22F3N7O2. The van der Waals surface area contributed by atoms with Crippen LogP contribution < -0.4 is 4.74 Å². The van der Waals surface area contributed by atoms with Crippen LogP contribution in [-0.2, 0) is 6.54 Å². The van der Waals surface area contributed by atoms with Crippen molar-refractivity contribution in [3.05, 3.63) is 71.9 Å². The van der Waals surface area contributed by atoms with Crippen LogP contribution in [0.2, 0.25) is 0 Å². The zero-order chi connectivity index (χ0) is 26.3. The molecule has 0 saturated heterocycles. The fraction of sp³-hybridized carbons (Fsp3) is 0.240. The first kappa shape index (κ1) is 24.4. The Morgan fingerprint density at radius 2 is 1.76 bits per heavy atom. The molecule has 1 unspecified atom stereocenters. The molecule has 1 atom stereocenters. The number of hydrogen-bond donors (Lipinski definition) is 1. The summed E-state index contributed by atoms with van der Waals surface area (Å²) >= 11 is 0. The van der Waals surface area contributed by atoms with Gasteiger partial charge in [-0.25, -0.2) is 9.50 Å². The minimum absolute atomic E-state index is 0.296. The maximum Gasteiger partial charge on any atom is 0.408 e. The molecular weight excluding hydrogens is 487 g/mol. The molecule has 5 aromatic heterocycles. The molecule has 0 aliphatic carbocycles. The van der Waals surface area contributed by atoms with E-state index in [1.807, 2.05) is 13.0 Å².